The van der Waals surface area contributed by atoms with Crippen LogP contribution >= 0.6 is 0 Å². The zero-order chi connectivity index (χ0) is 13.2. The van der Waals surface area contributed by atoms with Crippen molar-refractivity contribution in [3.05, 3.63) is 41.6 Å². The van der Waals surface area contributed by atoms with Gasteiger partial charge in [-0.2, -0.15) is 13.6 Å². The highest BCUT2D eigenvalue weighted by molar-refractivity contribution is 7.84. The molecule has 0 fully saturated rings. The molecule has 1 aromatic heterocycles. The molecule has 0 saturated carbocycles. The molecule has 1 aromatic carbocycles. The van der Waals surface area contributed by atoms with Crippen LogP contribution in [0.15, 0.2) is 30.3 Å². The molecule has 7 nitrogen and oxygen atoms in total. The summed E-state index contributed by atoms with van der Waals surface area (Å²) in [6, 6.07) is 9.59. The van der Waals surface area contributed by atoms with E-state index >= 15 is 0 Å². The second-order valence-corrected chi connectivity index (χ2v) is 4.85. The van der Waals surface area contributed by atoms with E-state index in [0.717, 1.165) is 5.56 Å². The molecule has 0 aliphatic carbocycles. The molecule has 8 heteroatoms. The zero-order valence-corrected chi connectivity index (χ0v) is 10.5. The summed E-state index contributed by atoms with van der Waals surface area (Å²) in [5.74, 6) is -0.103. The Kier molecular flexibility index (Phi) is 3.30. The van der Waals surface area contributed by atoms with E-state index in [9.17, 15) is 8.42 Å². The van der Waals surface area contributed by atoms with Gasteiger partial charge in [-0.25, -0.2) is 4.68 Å². The van der Waals surface area contributed by atoms with E-state index in [1.165, 1.54) is 4.68 Å². The number of nitrogens with two attached hydrogens (primary N) is 1. The minimum absolute atomic E-state index is 0.103. The molecule has 0 unspecified atom stereocenters. The van der Waals surface area contributed by atoms with Gasteiger partial charge in [-0.15, -0.1) is 0 Å². The van der Waals surface area contributed by atoms with Crippen molar-refractivity contribution in [2.75, 3.05) is 0 Å². The highest BCUT2D eigenvalue weighted by atomic mass is 32.2. The van der Waals surface area contributed by atoms with Gasteiger partial charge in [0, 0.05) is 0 Å². The normalized spacial score (nSPS) is 11.4. The Morgan fingerprint density at radius 3 is 2.61 bits per heavy atom. The molecule has 0 bridgehead atoms. The summed E-state index contributed by atoms with van der Waals surface area (Å²) in [6.07, 6.45) is 0. The topological polar surface area (TPSA) is 100 Å². The first-order chi connectivity index (χ1) is 8.46. The van der Waals surface area contributed by atoms with Crippen molar-refractivity contribution < 1.29 is 12.6 Å². The van der Waals surface area contributed by atoms with E-state index in [-0.39, 0.29) is 5.88 Å². The summed E-state index contributed by atoms with van der Waals surface area (Å²) in [5.41, 5.74) is 1.51. The number of nitrogens with zero attached hydrogens (tertiary/aromatic N) is 3. The molecular formula is C10H12N4O3S. The number of hydrogen-bond acceptors (Lipinski definition) is 5. The number of benzene rings is 1. The Labute approximate surface area is 104 Å². The first-order valence-corrected chi connectivity index (χ1v) is 6.59. The van der Waals surface area contributed by atoms with E-state index < -0.39 is 10.3 Å². The third-order valence-corrected chi connectivity index (χ3v) is 2.70. The van der Waals surface area contributed by atoms with E-state index in [0.29, 0.717) is 12.2 Å². The maximum atomic E-state index is 10.8. The number of hydrogen-bond donors (Lipinski definition) is 1. The second kappa shape index (κ2) is 4.75. The van der Waals surface area contributed by atoms with Gasteiger partial charge in [-0.3, -0.25) is 0 Å². The molecular weight excluding hydrogens is 256 g/mol. The molecule has 0 saturated heterocycles. The summed E-state index contributed by atoms with van der Waals surface area (Å²) >= 11 is 0. The van der Waals surface area contributed by atoms with E-state index in [1.807, 2.05) is 30.3 Å². The average molecular weight is 268 g/mol. The maximum Gasteiger partial charge on any atom is 0.381 e. The van der Waals surface area contributed by atoms with Crippen LogP contribution in [0, 0.1) is 6.92 Å². The van der Waals surface area contributed by atoms with Crippen LogP contribution in [0.4, 0.5) is 0 Å². The lowest BCUT2D eigenvalue weighted by atomic mass is 10.2. The van der Waals surface area contributed by atoms with Crippen molar-refractivity contribution in [3.8, 4) is 5.88 Å². The van der Waals surface area contributed by atoms with Gasteiger partial charge in [0.05, 0.1) is 6.54 Å². The molecule has 0 aliphatic heterocycles. The van der Waals surface area contributed by atoms with E-state index in [2.05, 4.69) is 14.5 Å². The van der Waals surface area contributed by atoms with Crippen LogP contribution in [-0.4, -0.2) is 23.4 Å². The van der Waals surface area contributed by atoms with Crippen LogP contribution in [0.1, 0.15) is 11.3 Å². The summed E-state index contributed by atoms with van der Waals surface area (Å²) < 4.78 is 27.6. The molecule has 18 heavy (non-hydrogen) atoms. The Bertz CT molecular complexity index is 636. The van der Waals surface area contributed by atoms with Crippen molar-refractivity contribution >= 4 is 10.3 Å². The summed E-state index contributed by atoms with van der Waals surface area (Å²) in [6.45, 7) is 2.14. The standard InChI is InChI=1S/C10H12N4O3S/c1-8-10(17-18(11,15)16)12-13-14(8)7-9-5-3-2-4-6-9/h2-6H,7H2,1H3,(H2,11,15,16). The third-order valence-electron chi connectivity index (χ3n) is 2.31. The molecule has 0 radical (unpaired) electrons. The summed E-state index contributed by atoms with van der Waals surface area (Å²) in [5, 5.41) is 12.2. The predicted octanol–water partition coefficient (Wildman–Crippen LogP) is 0.217. The van der Waals surface area contributed by atoms with Crippen molar-refractivity contribution in [3.63, 3.8) is 0 Å². The molecule has 2 aromatic rings. The Balaban J connectivity index is 2.21. The van der Waals surface area contributed by atoms with Gasteiger partial charge in [0.25, 0.3) is 5.88 Å². The van der Waals surface area contributed by atoms with Gasteiger partial charge >= 0.3 is 10.3 Å². The fraction of sp³-hybridized carbons (Fsp3) is 0.200. The number of rotatable bonds is 4. The molecule has 2 N–H and O–H groups in total. The quantitative estimate of drug-likeness (QED) is 0.854. The monoisotopic (exact) mass is 268 g/mol. The van der Waals surface area contributed by atoms with Gasteiger partial charge in [0.1, 0.15) is 5.69 Å². The highest BCUT2D eigenvalue weighted by Crippen LogP contribution is 2.15. The first-order valence-electron chi connectivity index (χ1n) is 5.12. The van der Waals surface area contributed by atoms with Crippen LogP contribution in [0.5, 0.6) is 5.88 Å². The van der Waals surface area contributed by atoms with Gasteiger partial charge in [0.2, 0.25) is 0 Å². The third kappa shape index (κ3) is 3.05. The second-order valence-electron chi connectivity index (χ2n) is 3.70. The predicted molar refractivity (Wildman–Crippen MR) is 64.0 cm³/mol. The lowest BCUT2D eigenvalue weighted by Gasteiger charge is -2.03. The van der Waals surface area contributed by atoms with Crippen LogP contribution in [0.25, 0.3) is 0 Å². The molecule has 0 atom stereocenters. The fourth-order valence-corrected chi connectivity index (χ4v) is 1.81. The largest absolute Gasteiger partial charge is 0.381 e. The molecule has 0 aliphatic rings. The van der Waals surface area contributed by atoms with E-state index in [1.54, 1.807) is 6.92 Å². The Morgan fingerprint density at radius 1 is 1.33 bits per heavy atom. The van der Waals surface area contributed by atoms with Crippen LogP contribution in [0.3, 0.4) is 0 Å². The minimum atomic E-state index is -4.08. The fourth-order valence-electron chi connectivity index (χ4n) is 1.44. The maximum absolute atomic E-state index is 10.8. The lowest BCUT2D eigenvalue weighted by Crippen LogP contribution is -2.19. The first kappa shape index (κ1) is 12.5. The molecule has 2 rings (SSSR count). The molecule has 0 amide bonds. The molecule has 0 spiro atoms. The zero-order valence-electron chi connectivity index (χ0n) is 9.65. The highest BCUT2D eigenvalue weighted by Gasteiger charge is 2.14. The van der Waals surface area contributed by atoms with Crippen molar-refractivity contribution in [1.29, 1.82) is 0 Å². The van der Waals surface area contributed by atoms with Crippen LogP contribution < -0.4 is 9.32 Å². The molecule has 1 heterocycles. The Hall–Kier alpha value is -1.93. The van der Waals surface area contributed by atoms with Crippen molar-refractivity contribution in [2.24, 2.45) is 5.14 Å². The SMILES string of the molecule is Cc1c(OS(N)(=O)=O)nnn1Cc1ccccc1. The van der Waals surface area contributed by atoms with Crippen molar-refractivity contribution in [2.45, 2.75) is 13.5 Å². The average Bonchev–Trinajstić information content (AvgIpc) is 2.61. The summed E-state index contributed by atoms with van der Waals surface area (Å²) in [7, 11) is -4.08. The van der Waals surface area contributed by atoms with Crippen LogP contribution in [0.2, 0.25) is 0 Å². The van der Waals surface area contributed by atoms with Gasteiger partial charge in [-0.1, -0.05) is 40.6 Å². The lowest BCUT2D eigenvalue weighted by molar-refractivity contribution is 0.475. The number of aromatic nitrogens is 3. The van der Waals surface area contributed by atoms with Gasteiger partial charge < -0.3 is 4.18 Å². The van der Waals surface area contributed by atoms with Gasteiger partial charge in [0.15, 0.2) is 0 Å². The van der Waals surface area contributed by atoms with Crippen molar-refractivity contribution in [1.82, 2.24) is 15.0 Å². The van der Waals surface area contributed by atoms with Crippen LogP contribution in [-0.2, 0) is 16.8 Å². The van der Waals surface area contributed by atoms with E-state index in [4.69, 9.17) is 5.14 Å². The molecule has 96 valence electrons. The summed E-state index contributed by atoms with van der Waals surface area (Å²) in [4.78, 5) is 0. The smallest absolute Gasteiger partial charge is 0.347 e. The van der Waals surface area contributed by atoms with Gasteiger partial charge in [-0.05, 0) is 12.5 Å². The minimum Gasteiger partial charge on any atom is -0.347 e. The Morgan fingerprint density at radius 2 is 2.00 bits per heavy atom.